The van der Waals surface area contributed by atoms with Crippen molar-refractivity contribution in [3.05, 3.63) is 77.2 Å². The summed E-state index contributed by atoms with van der Waals surface area (Å²) in [6, 6.07) is 14.0. The summed E-state index contributed by atoms with van der Waals surface area (Å²) in [4.78, 5) is 29.3. The molecule has 2 aromatic carbocycles. The minimum Gasteiger partial charge on any atom is -0.451 e. The summed E-state index contributed by atoms with van der Waals surface area (Å²) in [6.07, 6.45) is -0.981. The average molecular weight is 337 g/mol. The maximum atomic E-state index is 13.0. The first-order valence-electron chi connectivity index (χ1n) is 7.83. The second-order valence-corrected chi connectivity index (χ2v) is 5.75. The first-order valence-corrected chi connectivity index (χ1v) is 7.83. The third kappa shape index (κ3) is 3.55. The van der Waals surface area contributed by atoms with Gasteiger partial charge in [-0.1, -0.05) is 18.2 Å². The molecule has 1 heterocycles. The van der Waals surface area contributed by atoms with Gasteiger partial charge in [-0.2, -0.15) is 0 Å². The first kappa shape index (κ1) is 16.8. The monoisotopic (exact) mass is 337 g/mol. The molecule has 0 aliphatic rings. The molecule has 126 valence electrons. The van der Waals surface area contributed by atoms with E-state index >= 15 is 0 Å². The number of fused-ring (bicyclic) bond motifs is 1. The molecule has 0 bridgehead atoms. The molecule has 0 aliphatic heterocycles. The van der Waals surface area contributed by atoms with Gasteiger partial charge in [-0.25, -0.2) is 9.18 Å². The van der Waals surface area contributed by atoms with Gasteiger partial charge in [0.25, 0.3) is 0 Å². The van der Waals surface area contributed by atoms with Crippen molar-refractivity contribution in [2.45, 2.75) is 20.0 Å². The van der Waals surface area contributed by atoms with Gasteiger partial charge in [-0.05, 0) is 50.2 Å². The fraction of sp³-hybridized carbons (Fsp3) is 0.150. The van der Waals surface area contributed by atoms with Gasteiger partial charge in [0.15, 0.2) is 6.10 Å². The third-order valence-corrected chi connectivity index (χ3v) is 3.85. The SMILES string of the molecule is Cc1cc(C(=O)O[C@H](C)C(=O)c2ccc(F)cc2)c2ccccc2n1. The zero-order chi connectivity index (χ0) is 18.0. The number of Topliss-reactive ketones (excluding diaryl/α,β-unsaturated/α-hetero) is 1. The number of pyridine rings is 1. The summed E-state index contributed by atoms with van der Waals surface area (Å²) >= 11 is 0. The minimum absolute atomic E-state index is 0.289. The fourth-order valence-electron chi connectivity index (χ4n) is 2.60. The Morgan fingerprint density at radius 1 is 1.08 bits per heavy atom. The van der Waals surface area contributed by atoms with Gasteiger partial charge >= 0.3 is 5.97 Å². The van der Waals surface area contributed by atoms with E-state index in [0.717, 1.165) is 0 Å². The predicted octanol–water partition coefficient (Wildman–Crippen LogP) is 4.11. The molecule has 0 saturated heterocycles. The molecule has 0 spiro atoms. The van der Waals surface area contributed by atoms with Gasteiger partial charge in [-0.15, -0.1) is 0 Å². The van der Waals surface area contributed by atoms with Crippen molar-refractivity contribution in [3.63, 3.8) is 0 Å². The molecule has 0 unspecified atom stereocenters. The molecule has 4 nitrogen and oxygen atoms in total. The van der Waals surface area contributed by atoms with Crippen LogP contribution in [0.1, 0.15) is 33.3 Å². The largest absolute Gasteiger partial charge is 0.451 e. The van der Waals surface area contributed by atoms with Gasteiger partial charge in [-0.3, -0.25) is 9.78 Å². The molecule has 1 atom stereocenters. The van der Waals surface area contributed by atoms with E-state index in [1.54, 1.807) is 19.1 Å². The number of ether oxygens (including phenoxy) is 1. The Morgan fingerprint density at radius 3 is 2.48 bits per heavy atom. The van der Waals surface area contributed by atoms with Crippen molar-refractivity contribution in [2.24, 2.45) is 0 Å². The van der Waals surface area contributed by atoms with Crippen LogP contribution in [-0.2, 0) is 4.74 Å². The molecular weight excluding hydrogens is 321 g/mol. The highest BCUT2D eigenvalue weighted by Gasteiger charge is 2.22. The molecule has 0 saturated carbocycles. The molecule has 3 aromatic rings. The lowest BCUT2D eigenvalue weighted by atomic mass is 10.1. The Balaban J connectivity index is 1.85. The molecular formula is C20H16FNO3. The number of hydrogen-bond acceptors (Lipinski definition) is 4. The highest BCUT2D eigenvalue weighted by molar-refractivity contribution is 6.06. The average Bonchev–Trinajstić information content (AvgIpc) is 2.60. The van der Waals surface area contributed by atoms with E-state index in [-0.39, 0.29) is 11.3 Å². The van der Waals surface area contributed by atoms with Crippen molar-refractivity contribution >= 4 is 22.7 Å². The van der Waals surface area contributed by atoms with Gasteiger partial charge in [0.05, 0.1) is 11.1 Å². The molecule has 0 fully saturated rings. The van der Waals surface area contributed by atoms with Crippen LogP contribution >= 0.6 is 0 Å². The van der Waals surface area contributed by atoms with Crippen molar-refractivity contribution in [1.82, 2.24) is 4.98 Å². The standard InChI is InChI=1S/C20H16FNO3/c1-12-11-17(16-5-3-4-6-18(16)22-12)20(24)25-13(2)19(23)14-7-9-15(21)10-8-14/h3-11,13H,1-2H3/t13-/m1/s1. The number of benzene rings is 2. The molecule has 0 N–H and O–H groups in total. The molecule has 1 aromatic heterocycles. The summed E-state index contributed by atoms with van der Waals surface area (Å²) < 4.78 is 18.3. The second-order valence-electron chi connectivity index (χ2n) is 5.75. The normalized spacial score (nSPS) is 12.0. The van der Waals surface area contributed by atoms with Crippen LogP contribution in [0.15, 0.2) is 54.6 Å². The molecule has 0 aliphatic carbocycles. The number of aryl methyl sites for hydroxylation is 1. The molecule has 0 amide bonds. The van der Waals surface area contributed by atoms with Crippen molar-refractivity contribution < 1.29 is 18.7 Å². The smallest absolute Gasteiger partial charge is 0.339 e. The third-order valence-electron chi connectivity index (χ3n) is 3.85. The number of rotatable bonds is 4. The van der Waals surface area contributed by atoms with Gasteiger partial charge < -0.3 is 4.74 Å². The molecule has 25 heavy (non-hydrogen) atoms. The van der Waals surface area contributed by atoms with E-state index < -0.39 is 17.9 Å². The van der Waals surface area contributed by atoms with E-state index in [2.05, 4.69) is 4.98 Å². The lowest BCUT2D eigenvalue weighted by Crippen LogP contribution is -2.24. The number of carbonyl (C=O) groups is 2. The highest BCUT2D eigenvalue weighted by Crippen LogP contribution is 2.20. The van der Waals surface area contributed by atoms with Crippen molar-refractivity contribution in [2.75, 3.05) is 0 Å². The van der Waals surface area contributed by atoms with E-state index in [0.29, 0.717) is 22.2 Å². The van der Waals surface area contributed by atoms with Crippen LogP contribution in [-0.4, -0.2) is 22.8 Å². The van der Waals surface area contributed by atoms with Crippen LogP contribution < -0.4 is 0 Å². The van der Waals surface area contributed by atoms with Crippen molar-refractivity contribution in [1.29, 1.82) is 0 Å². The lowest BCUT2D eigenvalue weighted by molar-refractivity contribution is 0.0320. The number of aromatic nitrogens is 1. The Morgan fingerprint density at radius 2 is 1.76 bits per heavy atom. The number of nitrogens with zero attached hydrogens (tertiary/aromatic N) is 1. The molecule has 0 radical (unpaired) electrons. The van der Waals surface area contributed by atoms with Crippen LogP contribution in [0.2, 0.25) is 0 Å². The van der Waals surface area contributed by atoms with Crippen LogP contribution in [0.4, 0.5) is 4.39 Å². The Labute approximate surface area is 144 Å². The van der Waals surface area contributed by atoms with Gasteiger partial charge in [0.1, 0.15) is 5.82 Å². The Hall–Kier alpha value is -3.08. The zero-order valence-electron chi connectivity index (χ0n) is 13.8. The fourth-order valence-corrected chi connectivity index (χ4v) is 2.60. The van der Waals surface area contributed by atoms with E-state index in [4.69, 9.17) is 4.74 Å². The van der Waals surface area contributed by atoms with Crippen LogP contribution in [0.25, 0.3) is 10.9 Å². The minimum atomic E-state index is -0.981. The number of halogens is 1. The maximum Gasteiger partial charge on any atom is 0.339 e. The topological polar surface area (TPSA) is 56.3 Å². The summed E-state index contributed by atoms with van der Waals surface area (Å²) in [5.74, 6) is -1.41. The Bertz CT molecular complexity index is 951. The van der Waals surface area contributed by atoms with Crippen LogP contribution in [0.3, 0.4) is 0 Å². The molecule has 3 rings (SSSR count). The zero-order valence-corrected chi connectivity index (χ0v) is 13.8. The second kappa shape index (κ2) is 6.81. The number of carbonyl (C=O) groups excluding carboxylic acids is 2. The van der Waals surface area contributed by atoms with E-state index in [1.807, 2.05) is 18.2 Å². The summed E-state index contributed by atoms with van der Waals surface area (Å²) in [5.41, 5.74) is 2.02. The number of ketones is 1. The Kier molecular flexibility index (Phi) is 4.57. The van der Waals surface area contributed by atoms with Crippen LogP contribution in [0, 0.1) is 12.7 Å². The predicted molar refractivity (Wildman–Crippen MR) is 92.1 cm³/mol. The number of esters is 1. The summed E-state index contributed by atoms with van der Waals surface area (Å²) in [5, 5.41) is 0.666. The number of hydrogen-bond donors (Lipinski definition) is 0. The molecule has 5 heteroatoms. The van der Waals surface area contributed by atoms with Gasteiger partial charge in [0.2, 0.25) is 5.78 Å². The van der Waals surface area contributed by atoms with E-state index in [1.165, 1.54) is 31.2 Å². The quantitative estimate of drug-likeness (QED) is 0.531. The summed E-state index contributed by atoms with van der Waals surface area (Å²) in [6.45, 7) is 3.29. The lowest BCUT2D eigenvalue weighted by Gasteiger charge is -2.14. The van der Waals surface area contributed by atoms with Gasteiger partial charge in [0, 0.05) is 16.6 Å². The van der Waals surface area contributed by atoms with Crippen LogP contribution in [0.5, 0.6) is 0 Å². The number of para-hydroxylation sites is 1. The first-order chi connectivity index (χ1) is 12.0. The van der Waals surface area contributed by atoms with E-state index in [9.17, 15) is 14.0 Å². The maximum absolute atomic E-state index is 13.0. The highest BCUT2D eigenvalue weighted by atomic mass is 19.1. The van der Waals surface area contributed by atoms with Crippen molar-refractivity contribution in [3.8, 4) is 0 Å². The summed E-state index contributed by atoms with van der Waals surface area (Å²) in [7, 11) is 0.